The molecule has 4 rings (SSSR count). The zero-order valence-corrected chi connectivity index (χ0v) is 18.0. The first kappa shape index (κ1) is 20.6. The van der Waals surface area contributed by atoms with Crippen LogP contribution in [0.15, 0.2) is 72.8 Å². The van der Waals surface area contributed by atoms with Gasteiger partial charge < -0.3 is 14.5 Å². The number of piperazine rings is 1. The monoisotopic (exact) mass is 440 g/mol. The standard InChI is InChI=1S/C24H22ClFN2OS/c25-20-9-3-1-7-18(20)17-29-23-12-6-2-8-19(23)24(30)28-15-13-27(14-16-28)22-11-5-4-10-21(22)26/h1-12H,13-17H2. The molecule has 0 amide bonds. The van der Waals surface area contributed by atoms with Crippen LogP contribution >= 0.6 is 23.8 Å². The Morgan fingerprint density at radius 2 is 1.57 bits per heavy atom. The maximum atomic E-state index is 14.1. The second-order valence-electron chi connectivity index (χ2n) is 7.11. The molecule has 0 saturated carbocycles. The van der Waals surface area contributed by atoms with E-state index in [1.807, 2.05) is 60.7 Å². The zero-order chi connectivity index (χ0) is 20.9. The van der Waals surface area contributed by atoms with Crippen molar-refractivity contribution in [2.24, 2.45) is 0 Å². The summed E-state index contributed by atoms with van der Waals surface area (Å²) in [5.74, 6) is 0.547. The fraction of sp³-hybridized carbons (Fsp3) is 0.208. The molecule has 1 aliphatic rings. The fourth-order valence-electron chi connectivity index (χ4n) is 3.57. The van der Waals surface area contributed by atoms with Crippen LogP contribution in [-0.4, -0.2) is 36.1 Å². The predicted molar refractivity (Wildman–Crippen MR) is 124 cm³/mol. The quantitative estimate of drug-likeness (QED) is 0.483. The minimum absolute atomic E-state index is 0.188. The highest BCUT2D eigenvalue weighted by Crippen LogP contribution is 2.25. The Hall–Kier alpha value is -2.63. The highest BCUT2D eigenvalue weighted by atomic mass is 35.5. The van der Waals surface area contributed by atoms with E-state index in [-0.39, 0.29) is 5.82 Å². The van der Waals surface area contributed by atoms with E-state index in [1.54, 1.807) is 6.07 Å². The Labute approximate surface area is 186 Å². The van der Waals surface area contributed by atoms with Crippen molar-refractivity contribution in [3.8, 4) is 5.75 Å². The number of hydrogen-bond donors (Lipinski definition) is 0. The van der Waals surface area contributed by atoms with Crippen molar-refractivity contribution in [1.29, 1.82) is 0 Å². The summed E-state index contributed by atoms with van der Waals surface area (Å²) in [5, 5.41) is 0.682. The maximum Gasteiger partial charge on any atom is 0.146 e. The number of nitrogens with zero attached hydrogens (tertiary/aromatic N) is 2. The Morgan fingerprint density at radius 1 is 0.900 bits per heavy atom. The van der Waals surface area contributed by atoms with Crippen molar-refractivity contribution in [3.05, 3.63) is 94.8 Å². The first-order valence-electron chi connectivity index (χ1n) is 9.87. The van der Waals surface area contributed by atoms with Crippen LogP contribution in [0.1, 0.15) is 11.1 Å². The molecule has 1 aliphatic heterocycles. The molecular formula is C24H22ClFN2OS. The van der Waals surface area contributed by atoms with Gasteiger partial charge in [-0.3, -0.25) is 0 Å². The minimum Gasteiger partial charge on any atom is -0.488 e. The number of para-hydroxylation sites is 2. The number of rotatable bonds is 5. The first-order valence-corrected chi connectivity index (χ1v) is 10.7. The molecule has 0 radical (unpaired) electrons. The third-order valence-corrected chi connectivity index (χ3v) is 6.07. The van der Waals surface area contributed by atoms with Crippen LogP contribution < -0.4 is 9.64 Å². The molecule has 1 fully saturated rings. The summed E-state index contributed by atoms with van der Waals surface area (Å²) in [5.41, 5.74) is 2.46. The van der Waals surface area contributed by atoms with Crippen molar-refractivity contribution >= 4 is 34.5 Å². The van der Waals surface area contributed by atoms with Crippen molar-refractivity contribution in [1.82, 2.24) is 4.90 Å². The third kappa shape index (κ3) is 4.58. The summed E-state index contributed by atoms with van der Waals surface area (Å²) in [4.78, 5) is 4.97. The van der Waals surface area contributed by atoms with Gasteiger partial charge in [-0.15, -0.1) is 0 Å². The smallest absolute Gasteiger partial charge is 0.146 e. The molecule has 30 heavy (non-hydrogen) atoms. The second-order valence-corrected chi connectivity index (χ2v) is 7.90. The van der Waals surface area contributed by atoms with Crippen LogP contribution in [0.2, 0.25) is 5.02 Å². The van der Waals surface area contributed by atoms with Crippen LogP contribution in [-0.2, 0) is 6.61 Å². The summed E-state index contributed by atoms with van der Waals surface area (Å²) < 4.78 is 20.2. The highest BCUT2D eigenvalue weighted by Gasteiger charge is 2.23. The predicted octanol–water partition coefficient (Wildman–Crippen LogP) is 5.56. The van der Waals surface area contributed by atoms with Crippen LogP contribution in [0.3, 0.4) is 0 Å². The Bertz CT molecular complexity index is 1040. The molecular weight excluding hydrogens is 419 g/mol. The molecule has 0 atom stereocenters. The van der Waals surface area contributed by atoms with E-state index in [4.69, 9.17) is 28.6 Å². The summed E-state index contributed by atoms with van der Waals surface area (Å²) in [6, 6.07) is 22.3. The van der Waals surface area contributed by atoms with Crippen LogP contribution in [0.5, 0.6) is 5.75 Å². The van der Waals surface area contributed by atoms with Gasteiger partial charge in [-0.25, -0.2) is 4.39 Å². The lowest BCUT2D eigenvalue weighted by atomic mass is 10.1. The van der Waals surface area contributed by atoms with Crippen molar-refractivity contribution in [3.63, 3.8) is 0 Å². The molecule has 0 bridgehead atoms. The normalized spacial score (nSPS) is 13.9. The number of thiocarbonyl (C=S) groups is 1. The molecule has 1 saturated heterocycles. The molecule has 3 aromatic carbocycles. The van der Waals surface area contributed by atoms with Gasteiger partial charge in [0.15, 0.2) is 0 Å². The Kier molecular flexibility index (Phi) is 6.50. The molecule has 6 heteroatoms. The van der Waals surface area contributed by atoms with E-state index < -0.39 is 0 Å². The lowest BCUT2D eigenvalue weighted by Crippen LogP contribution is -2.48. The largest absolute Gasteiger partial charge is 0.488 e. The van der Waals surface area contributed by atoms with Gasteiger partial charge >= 0.3 is 0 Å². The zero-order valence-electron chi connectivity index (χ0n) is 16.4. The molecule has 154 valence electrons. The number of ether oxygens (including phenoxy) is 1. The van der Waals surface area contributed by atoms with E-state index >= 15 is 0 Å². The van der Waals surface area contributed by atoms with E-state index in [1.165, 1.54) is 6.07 Å². The van der Waals surface area contributed by atoms with Gasteiger partial charge in [0, 0.05) is 36.8 Å². The molecule has 3 aromatic rings. The van der Waals surface area contributed by atoms with Gasteiger partial charge in [-0.1, -0.05) is 66.3 Å². The van der Waals surface area contributed by atoms with Crippen LogP contribution in [0.4, 0.5) is 10.1 Å². The van der Waals surface area contributed by atoms with Gasteiger partial charge in [-0.05, 0) is 30.3 Å². The fourth-order valence-corrected chi connectivity index (χ4v) is 4.11. The lowest BCUT2D eigenvalue weighted by Gasteiger charge is -2.37. The Morgan fingerprint density at radius 3 is 2.33 bits per heavy atom. The summed E-state index contributed by atoms with van der Waals surface area (Å²) >= 11 is 12.0. The lowest BCUT2D eigenvalue weighted by molar-refractivity contribution is 0.304. The summed E-state index contributed by atoms with van der Waals surface area (Å²) in [6.07, 6.45) is 0. The third-order valence-electron chi connectivity index (χ3n) is 5.22. The van der Waals surface area contributed by atoms with Crippen LogP contribution in [0.25, 0.3) is 0 Å². The van der Waals surface area contributed by atoms with Gasteiger partial charge in [0.05, 0.1) is 11.3 Å². The summed E-state index contributed by atoms with van der Waals surface area (Å²) in [7, 11) is 0. The number of benzene rings is 3. The van der Waals surface area contributed by atoms with Crippen molar-refractivity contribution in [2.45, 2.75) is 6.61 Å². The second kappa shape index (κ2) is 9.45. The van der Waals surface area contributed by atoms with Gasteiger partial charge in [0.1, 0.15) is 23.2 Å². The molecule has 1 heterocycles. The minimum atomic E-state index is -0.188. The van der Waals surface area contributed by atoms with E-state index in [2.05, 4.69) is 9.80 Å². The van der Waals surface area contributed by atoms with E-state index in [9.17, 15) is 4.39 Å². The highest BCUT2D eigenvalue weighted by molar-refractivity contribution is 7.80. The number of halogens is 2. The molecule has 0 unspecified atom stereocenters. The SMILES string of the molecule is Fc1ccccc1N1CCN(C(=S)c2ccccc2OCc2ccccc2Cl)CC1. The van der Waals surface area contributed by atoms with E-state index in [0.29, 0.717) is 30.4 Å². The molecule has 0 N–H and O–H groups in total. The number of hydrogen-bond acceptors (Lipinski definition) is 3. The van der Waals surface area contributed by atoms with Crippen molar-refractivity contribution < 1.29 is 9.13 Å². The summed E-state index contributed by atoms with van der Waals surface area (Å²) in [6.45, 7) is 3.26. The molecule has 3 nitrogen and oxygen atoms in total. The molecule has 0 spiro atoms. The van der Waals surface area contributed by atoms with Crippen LogP contribution in [0, 0.1) is 5.82 Å². The molecule has 0 aromatic heterocycles. The van der Waals surface area contributed by atoms with Crippen molar-refractivity contribution in [2.75, 3.05) is 31.1 Å². The Balaban J connectivity index is 1.43. The average Bonchev–Trinajstić information content (AvgIpc) is 2.79. The topological polar surface area (TPSA) is 15.7 Å². The van der Waals surface area contributed by atoms with Gasteiger partial charge in [0.25, 0.3) is 0 Å². The average molecular weight is 441 g/mol. The molecule has 0 aliphatic carbocycles. The maximum absolute atomic E-state index is 14.1. The van der Waals surface area contributed by atoms with E-state index in [0.717, 1.165) is 35.0 Å². The van der Waals surface area contributed by atoms with Gasteiger partial charge in [0.2, 0.25) is 0 Å². The number of anilines is 1. The van der Waals surface area contributed by atoms with Gasteiger partial charge in [-0.2, -0.15) is 0 Å². The first-order chi connectivity index (χ1) is 14.6.